The van der Waals surface area contributed by atoms with Gasteiger partial charge in [0.15, 0.2) is 6.61 Å². The highest BCUT2D eigenvalue weighted by atomic mass is 16.5. The van der Waals surface area contributed by atoms with Crippen molar-refractivity contribution in [2.45, 2.75) is 0 Å². The highest BCUT2D eigenvalue weighted by Gasteiger charge is 2.07. The molecular weight excluding hydrogens is 234 g/mol. The summed E-state index contributed by atoms with van der Waals surface area (Å²) in [6.07, 6.45) is 0. The lowest BCUT2D eigenvalue weighted by Crippen LogP contribution is -2.37. The largest absolute Gasteiger partial charge is 0.482 e. The van der Waals surface area contributed by atoms with E-state index in [0.29, 0.717) is 11.3 Å². The third kappa shape index (κ3) is 4.14. The van der Waals surface area contributed by atoms with Crippen LogP contribution in [0.25, 0.3) is 0 Å². The molecule has 1 rings (SSSR count). The van der Waals surface area contributed by atoms with Crippen LogP contribution >= 0.6 is 0 Å². The molecule has 18 heavy (non-hydrogen) atoms. The number of likely N-dealkylation sites (N-methyl/N-ethyl adjacent to an activating group) is 1. The zero-order chi connectivity index (χ0) is 13.4. The van der Waals surface area contributed by atoms with Crippen LogP contribution in [0.2, 0.25) is 0 Å². The molecule has 0 heterocycles. The number of rotatable bonds is 5. The van der Waals surface area contributed by atoms with Gasteiger partial charge in [0.25, 0.3) is 5.91 Å². The number of amides is 2. The Morgan fingerprint density at radius 1 is 1.33 bits per heavy atom. The van der Waals surface area contributed by atoms with E-state index < -0.39 is 5.91 Å². The smallest absolute Gasteiger partial charge is 0.258 e. The molecule has 0 atom stereocenters. The number of hydrogen-bond donors (Lipinski definition) is 2. The molecule has 6 nitrogen and oxygen atoms in total. The topological polar surface area (TPSA) is 91.2 Å². The molecule has 0 saturated heterocycles. The van der Waals surface area contributed by atoms with E-state index in [1.165, 1.54) is 7.05 Å². The zero-order valence-electron chi connectivity index (χ0n) is 9.90. The monoisotopic (exact) mass is 247 g/mol. The van der Waals surface area contributed by atoms with Gasteiger partial charge in [-0.05, 0) is 12.1 Å². The predicted octanol–water partition coefficient (Wildman–Crippen LogP) is -0.201. The van der Waals surface area contributed by atoms with Crippen molar-refractivity contribution >= 4 is 11.8 Å². The van der Waals surface area contributed by atoms with Crippen LogP contribution in [0, 0.1) is 11.3 Å². The maximum atomic E-state index is 11.3. The first-order valence-corrected chi connectivity index (χ1v) is 5.26. The molecule has 0 aliphatic carbocycles. The molecule has 0 spiro atoms. The van der Waals surface area contributed by atoms with E-state index in [1.54, 1.807) is 24.3 Å². The second-order valence-electron chi connectivity index (χ2n) is 3.35. The lowest BCUT2D eigenvalue weighted by atomic mass is 10.2. The molecule has 2 amide bonds. The third-order valence-electron chi connectivity index (χ3n) is 2.09. The quantitative estimate of drug-likeness (QED) is 0.753. The number of ether oxygens (including phenoxy) is 1. The Hall–Kier alpha value is -2.55. The second kappa shape index (κ2) is 6.91. The Morgan fingerprint density at radius 3 is 2.72 bits per heavy atom. The van der Waals surface area contributed by atoms with Gasteiger partial charge in [0.1, 0.15) is 11.8 Å². The summed E-state index contributed by atoms with van der Waals surface area (Å²) in [6, 6.07) is 8.57. The first kappa shape index (κ1) is 13.5. The van der Waals surface area contributed by atoms with Crippen LogP contribution in [0.15, 0.2) is 24.3 Å². The average Bonchev–Trinajstić information content (AvgIpc) is 2.42. The van der Waals surface area contributed by atoms with Gasteiger partial charge >= 0.3 is 0 Å². The number of hydrogen-bond acceptors (Lipinski definition) is 4. The Morgan fingerprint density at radius 2 is 2.06 bits per heavy atom. The summed E-state index contributed by atoms with van der Waals surface area (Å²) in [5.41, 5.74) is 0.358. The summed E-state index contributed by atoms with van der Waals surface area (Å²) < 4.78 is 5.19. The summed E-state index contributed by atoms with van der Waals surface area (Å²) in [4.78, 5) is 22.2. The fourth-order valence-electron chi connectivity index (χ4n) is 1.15. The van der Waals surface area contributed by atoms with Crippen molar-refractivity contribution in [2.24, 2.45) is 0 Å². The SMILES string of the molecule is CNC(=O)CNC(=O)COc1ccccc1C#N. The summed E-state index contributed by atoms with van der Waals surface area (Å²) in [5.74, 6) is -0.373. The Labute approximate surface area is 105 Å². The maximum absolute atomic E-state index is 11.3. The van der Waals surface area contributed by atoms with Crippen LogP contribution in [0.3, 0.4) is 0 Å². The van der Waals surface area contributed by atoms with Crippen molar-refractivity contribution in [3.05, 3.63) is 29.8 Å². The van der Waals surface area contributed by atoms with Gasteiger partial charge in [0, 0.05) is 7.05 Å². The molecule has 2 N–H and O–H groups in total. The van der Waals surface area contributed by atoms with E-state index in [9.17, 15) is 9.59 Å². The molecule has 0 aromatic heterocycles. The third-order valence-corrected chi connectivity index (χ3v) is 2.09. The average molecular weight is 247 g/mol. The normalized spacial score (nSPS) is 9.11. The minimum atomic E-state index is -0.425. The van der Waals surface area contributed by atoms with Crippen molar-refractivity contribution in [2.75, 3.05) is 20.2 Å². The molecule has 1 aromatic carbocycles. The summed E-state index contributed by atoms with van der Waals surface area (Å²) in [7, 11) is 1.48. The fourth-order valence-corrected chi connectivity index (χ4v) is 1.15. The van der Waals surface area contributed by atoms with E-state index in [1.807, 2.05) is 6.07 Å². The van der Waals surface area contributed by atoms with Gasteiger partial charge in [-0.15, -0.1) is 0 Å². The lowest BCUT2D eigenvalue weighted by Gasteiger charge is -2.07. The van der Waals surface area contributed by atoms with Crippen LogP contribution < -0.4 is 15.4 Å². The Balaban J connectivity index is 2.43. The van der Waals surface area contributed by atoms with E-state index in [2.05, 4.69) is 10.6 Å². The Bertz CT molecular complexity index is 480. The first-order valence-electron chi connectivity index (χ1n) is 5.26. The van der Waals surface area contributed by atoms with E-state index >= 15 is 0 Å². The predicted molar refractivity (Wildman–Crippen MR) is 63.7 cm³/mol. The number of nitrogens with zero attached hydrogens (tertiary/aromatic N) is 1. The van der Waals surface area contributed by atoms with Crippen LogP contribution in [-0.4, -0.2) is 32.0 Å². The number of carbonyl (C=O) groups is 2. The van der Waals surface area contributed by atoms with Crippen LogP contribution in [0.5, 0.6) is 5.75 Å². The zero-order valence-corrected chi connectivity index (χ0v) is 9.90. The molecule has 0 unspecified atom stereocenters. The van der Waals surface area contributed by atoms with Crippen molar-refractivity contribution in [1.29, 1.82) is 5.26 Å². The van der Waals surface area contributed by atoms with Crippen LogP contribution in [0.1, 0.15) is 5.56 Å². The van der Waals surface area contributed by atoms with Crippen molar-refractivity contribution in [3.8, 4) is 11.8 Å². The minimum Gasteiger partial charge on any atom is -0.482 e. The van der Waals surface area contributed by atoms with Crippen molar-refractivity contribution in [1.82, 2.24) is 10.6 Å². The number of nitrogens with one attached hydrogen (secondary N) is 2. The van der Waals surface area contributed by atoms with Gasteiger partial charge in [-0.3, -0.25) is 9.59 Å². The summed E-state index contributed by atoms with van der Waals surface area (Å²) in [5, 5.41) is 13.6. The number of benzene rings is 1. The molecule has 0 saturated carbocycles. The van der Waals surface area contributed by atoms with Gasteiger partial charge in [-0.2, -0.15) is 5.26 Å². The minimum absolute atomic E-state index is 0.0986. The van der Waals surface area contributed by atoms with E-state index in [4.69, 9.17) is 10.00 Å². The fraction of sp³-hybridized carbons (Fsp3) is 0.250. The Kier molecular flexibility index (Phi) is 5.19. The summed E-state index contributed by atoms with van der Waals surface area (Å²) in [6.45, 7) is -0.339. The lowest BCUT2D eigenvalue weighted by molar-refractivity contribution is -0.127. The highest BCUT2D eigenvalue weighted by Crippen LogP contribution is 2.15. The molecule has 0 fully saturated rings. The molecule has 94 valence electrons. The molecule has 0 aliphatic rings. The van der Waals surface area contributed by atoms with Gasteiger partial charge in [0.05, 0.1) is 12.1 Å². The van der Waals surface area contributed by atoms with Gasteiger partial charge in [0.2, 0.25) is 5.91 Å². The molecule has 0 radical (unpaired) electrons. The number of nitriles is 1. The number of carbonyl (C=O) groups excluding carboxylic acids is 2. The van der Waals surface area contributed by atoms with E-state index in [-0.39, 0.29) is 19.1 Å². The van der Waals surface area contributed by atoms with Crippen LogP contribution in [-0.2, 0) is 9.59 Å². The standard InChI is InChI=1S/C12H13N3O3/c1-14-11(16)7-15-12(17)8-18-10-5-3-2-4-9(10)6-13/h2-5H,7-8H2,1H3,(H,14,16)(H,15,17). The highest BCUT2D eigenvalue weighted by molar-refractivity contribution is 5.85. The van der Waals surface area contributed by atoms with Crippen molar-refractivity contribution in [3.63, 3.8) is 0 Å². The van der Waals surface area contributed by atoms with Gasteiger partial charge < -0.3 is 15.4 Å². The van der Waals surface area contributed by atoms with Crippen LogP contribution in [0.4, 0.5) is 0 Å². The molecular formula is C12H13N3O3. The molecule has 6 heteroatoms. The van der Waals surface area contributed by atoms with Gasteiger partial charge in [-0.25, -0.2) is 0 Å². The summed E-state index contributed by atoms with van der Waals surface area (Å²) >= 11 is 0. The second-order valence-corrected chi connectivity index (χ2v) is 3.35. The van der Waals surface area contributed by atoms with Gasteiger partial charge in [-0.1, -0.05) is 12.1 Å². The molecule has 0 aliphatic heterocycles. The van der Waals surface area contributed by atoms with Crippen molar-refractivity contribution < 1.29 is 14.3 Å². The maximum Gasteiger partial charge on any atom is 0.258 e. The molecule has 1 aromatic rings. The first-order chi connectivity index (χ1) is 8.67. The molecule has 0 bridgehead atoms. The number of para-hydroxylation sites is 1. The van der Waals surface area contributed by atoms with E-state index in [0.717, 1.165) is 0 Å².